The molecule has 1 atom stereocenters. The third-order valence-electron chi connectivity index (χ3n) is 4.98. The third-order valence-corrected chi connectivity index (χ3v) is 4.98. The molecule has 1 heterocycles. The smallest absolute Gasteiger partial charge is 0.314 e. The Morgan fingerprint density at radius 2 is 1.50 bits per heavy atom. The van der Waals surface area contributed by atoms with Gasteiger partial charge in [-0.2, -0.15) is 0 Å². The van der Waals surface area contributed by atoms with Crippen LogP contribution in [-0.4, -0.2) is 15.9 Å². The second-order valence-corrected chi connectivity index (χ2v) is 8.91. The second kappa shape index (κ2) is 10.2. The Labute approximate surface area is 185 Å². The zero-order chi connectivity index (χ0) is 24.2. The summed E-state index contributed by atoms with van der Waals surface area (Å²) in [5, 5.41) is 0. The van der Waals surface area contributed by atoms with Crippen molar-refractivity contribution in [1.82, 2.24) is 9.97 Å². The van der Waals surface area contributed by atoms with Crippen molar-refractivity contribution < 1.29 is 27.1 Å². The normalized spacial score (nSPS) is 13.1. The van der Waals surface area contributed by atoms with Gasteiger partial charge < -0.3 is 4.74 Å². The van der Waals surface area contributed by atoms with Gasteiger partial charge in [-0.1, -0.05) is 46.8 Å². The van der Waals surface area contributed by atoms with E-state index in [4.69, 9.17) is 4.74 Å². The van der Waals surface area contributed by atoms with Gasteiger partial charge in [-0.3, -0.25) is 4.79 Å². The minimum Gasteiger partial charge on any atom is -0.460 e. The molecule has 1 aromatic heterocycles. The SMILES string of the molecule is C/C=C/Cc1c(F)c(F)c(COC(=O)C(c2cnc(C(C)(C)C)nc2)C(C)C)c(F)c1F. The second-order valence-electron chi connectivity index (χ2n) is 8.91. The van der Waals surface area contributed by atoms with E-state index in [1.54, 1.807) is 20.8 Å². The van der Waals surface area contributed by atoms with Crippen LogP contribution in [0.4, 0.5) is 17.6 Å². The number of benzene rings is 1. The van der Waals surface area contributed by atoms with Crippen LogP contribution in [0.25, 0.3) is 0 Å². The summed E-state index contributed by atoms with van der Waals surface area (Å²) in [5.74, 6) is -7.43. The van der Waals surface area contributed by atoms with Crippen molar-refractivity contribution in [3.05, 3.63) is 70.3 Å². The summed E-state index contributed by atoms with van der Waals surface area (Å²) >= 11 is 0. The van der Waals surface area contributed by atoms with Crippen molar-refractivity contribution in [3.63, 3.8) is 0 Å². The number of hydrogen-bond donors (Lipinski definition) is 0. The Morgan fingerprint density at radius 3 is 1.94 bits per heavy atom. The fraction of sp³-hybridized carbons (Fsp3) is 0.458. The predicted molar refractivity (Wildman–Crippen MR) is 113 cm³/mol. The minimum atomic E-state index is -1.57. The molecule has 8 heteroatoms. The number of halogens is 4. The number of nitrogens with zero attached hydrogens (tertiary/aromatic N) is 2. The summed E-state index contributed by atoms with van der Waals surface area (Å²) in [6.07, 6.45) is 5.60. The molecule has 32 heavy (non-hydrogen) atoms. The quantitative estimate of drug-likeness (QED) is 0.226. The molecule has 0 saturated carbocycles. The van der Waals surface area contributed by atoms with Crippen LogP contribution in [0.1, 0.15) is 70.0 Å². The van der Waals surface area contributed by atoms with Crippen LogP contribution >= 0.6 is 0 Å². The molecular formula is C24H28F4N2O2. The number of carbonyl (C=O) groups is 1. The van der Waals surface area contributed by atoms with Crippen LogP contribution < -0.4 is 0 Å². The van der Waals surface area contributed by atoms with Crippen LogP contribution in [0, 0.1) is 29.2 Å². The van der Waals surface area contributed by atoms with Crippen LogP contribution in [0.5, 0.6) is 0 Å². The van der Waals surface area contributed by atoms with E-state index in [0.717, 1.165) is 0 Å². The van der Waals surface area contributed by atoms with Gasteiger partial charge in [0.1, 0.15) is 12.4 Å². The maximum Gasteiger partial charge on any atom is 0.314 e. The topological polar surface area (TPSA) is 52.1 Å². The summed E-state index contributed by atoms with van der Waals surface area (Å²) in [7, 11) is 0. The van der Waals surface area contributed by atoms with Gasteiger partial charge in [0.25, 0.3) is 0 Å². The number of esters is 1. The average Bonchev–Trinajstić information content (AvgIpc) is 2.72. The fourth-order valence-corrected chi connectivity index (χ4v) is 3.18. The summed E-state index contributed by atoms with van der Waals surface area (Å²) in [5.41, 5.74) is -1.50. The molecule has 0 aliphatic carbocycles. The minimum absolute atomic E-state index is 0.252. The molecule has 0 aliphatic heterocycles. The highest BCUT2D eigenvalue weighted by molar-refractivity contribution is 5.78. The highest BCUT2D eigenvalue weighted by atomic mass is 19.2. The molecule has 4 nitrogen and oxygen atoms in total. The maximum absolute atomic E-state index is 14.4. The standard InChI is InChI=1S/C24H28F4N2O2/c1-7-8-9-15-18(25)20(27)16(21(28)19(15)26)12-32-22(31)17(13(2)3)14-10-29-23(30-11-14)24(4,5)6/h7-8,10-11,13,17H,9,12H2,1-6H3/b8-7+. The Balaban J connectivity index is 2.28. The number of carbonyl (C=O) groups excluding carboxylic acids is 1. The van der Waals surface area contributed by atoms with Crippen LogP contribution in [0.15, 0.2) is 24.5 Å². The van der Waals surface area contributed by atoms with E-state index in [0.29, 0.717) is 11.4 Å². The van der Waals surface area contributed by atoms with Gasteiger partial charge in [0.2, 0.25) is 0 Å². The zero-order valence-corrected chi connectivity index (χ0v) is 19.1. The lowest BCUT2D eigenvalue weighted by atomic mass is 9.89. The lowest BCUT2D eigenvalue weighted by molar-refractivity contribution is -0.148. The Hall–Kier alpha value is -2.77. The highest BCUT2D eigenvalue weighted by Crippen LogP contribution is 2.29. The van der Waals surface area contributed by atoms with Gasteiger partial charge in [-0.25, -0.2) is 27.5 Å². The maximum atomic E-state index is 14.4. The Kier molecular flexibility index (Phi) is 8.15. The first-order valence-electron chi connectivity index (χ1n) is 10.3. The molecule has 0 spiro atoms. The zero-order valence-electron chi connectivity index (χ0n) is 19.1. The molecule has 0 N–H and O–H groups in total. The van der Waals surface area contributed by atoms with Gasteiger partial charge in [0, 0.05) is 28.9 Å². The summed E-state index contributed by atoms with van der Waals surface area (Å²) in [6, 6.07) is 0. The van der Waals surface area contributed by atoms with Gasteiger partial charge in [-0.15, -0.1) is 0 Å². The molecule has 1 unspecified atom stereocenters. The van der Waals surface area contributed by atoms with Crippen LogP contribution in [0.2, 0.25) is 0 Å². The van der Waals surface area contributed by atoms with E-state index in [-0.39, 0.29) is 17.8 Å². The molecule has 1 aromatic carbocycles. The lowest BCUT2D eigenvalue weighted by Gasteiger charge is -2.21. The Bertz CT molecular complexity index is 968. The highest BCUT2D eigenvalue weighted by Gasteiger charge is 2.30. The largest absolute Gasteiger partial charge is 0.460 e. The van der Waals surface area contributed by atoms with Crippen molar-refractivity contribution in [3.8, 4) is 0 Å². The van der Waals surface area contributed by atoms with E-state index < -0.39 is 52.9 Å². The first kappa shape index (κ1) is 25.5. The average molecular weight is 452 g/mol. The first-order valence-corrected chi connectivity index (χ1v) is 10.3. The van der Waals surface area contributed by atoms with E-state index >= 15 is 0 Å². The van der Waals surface area contributed by atoms with Crippen molar-refractivity contribution in [1.29, 1.82) is 0 Å². The Morgan fingerprint density at radius 1 is 1.00 bits per heavy atom. The summed E-state index contributed by atoms with van der Waals surface area (Å²) in [4.78, 5) is 21.3. The third kappa shape index (κ3) is 5.53. The van der Waals surface area contributed by atoms with E-state index in [1.807, 2.05) is 20.8 Å². The molecule has 2 aromatic rings. The number of rotatable bonds is 7. The molecule has 0 saturated heterocycles. The van der Waals surface area contributed by atoms with Crippen molar-refractivity contribution >= 4 is 5.97 Å². The van der Waals surface area contributed by atoms with E-state index in [1.165, 1.54) is 24.5 Å². The number of ether oxygens (including phenoxy) is 1. The van der Waals surface area contributed by atoms with Gasteiger partial charge >= 0.3 is 5.97 Å². The number of hydrogen-bond acceptors (Lipinski definition) is 4. The molecule has 0 bridgehead atoms. The van der Waals surface area contributed by atoms with E-state index in [2.05, 4.69) is 9.97 Å². The summed E-state index contributed by atoms with van der Waals surface area (Å²) < 4.78 is 62.4. The molecule has 0 amide bonds. The molecular weight excluding hydrogens is 424 g/mol. The number of aromatic nitrogens is 2. The van der Waals surface area contributed by atoms with Crippen LogP contribution in [0.3, 0.4) is 0 Å². The molecule has 174 valence electrons. The van der Waals surface area contributed by atoms with Gasteiger partial charge in [-0.05, 0) is 19.3 Å². The van der Waals surface area contributed by atoms with Gasteiger partial charge in [0.15, 0.2) is 23.3 Å². The summed E-state index contributed by atoms with van der Waals surface area (Å²) in [6.45, 7) is 10.0. The number of allylic oxidation sites excluding steroid dienone is 2. The predicted octanol–water partition coefficient (Wildman–Crippen LogP) is 5.93. The molecule has 0 fully saturated rings. The van der Waals surface area contributed by atoms with Crippen molar-refractivity contribution in [2.75, 3.05) is 0 Å². The molecule has 0 aliphatic rings. The van der Waals surface area contributed by atoms with Crippen LogP contribution in [-0.2, 0) is 28.0 Å². The van der Waals surface area contributed by atoms with Crippen molar-refractivity contribution in [2.45, 2.75) is 65.9 Å². The molecule has 2 rings (SSSR count). The van der Waals surface area contributed by atoms with Crippen molar-refractivity contribution in [2.24, 2.45) is 5.92 Å². The monoisotopic (exact) mass is 452 g/mol. The van der Waals surface area contributed by atoms with Gasteiger partial charge in [0.05, 0.1) is 11.5 Å². The fourth-order valence-electron chi connectivity index (χ4n) is 3.18. The first-order chi connectivity index (χ1) is 14.9. The molecule has 0 radical (unpaired) electrons. The lowest BCUT2D eigenvalue weighted by Crippen LogP contribution is -2.23. The van der Waals surface area contributed by atoms with E-state index in [9.17, 15) is 22.4 Å².